The van der Waals surface area contributed by atoms with Crippen LogP contribution in [-0.4, -0.2) is 40.0 Å². The maximum absolute atomic E-state index is 12.6. The van der Waals surface area contributed by atoms with Crippen LogP contribution >= 0.6 is 15.9 Å². The highest BCUT2D eigenvalue weighted by atomic mass is 79.9. The number of benzene rings is 2. The summed E-state index contributed by atoms with van der Waals surface area (Å²) in [5, 5.41) is 20.1. The second kappa shape index (κ2) is 7.43. The number of Topliss-reactive ketones (excluding diaryl/α,β-unsaturated/α-hetero) is 1. The minimum Gasteiger partial charge on any atom is -0.507 e. The summed E-state index contributed by atoms with van der Waals surface area (Å²) < 4.78 is 0.860. The number of nitrogens with zero attached hydrogens (tertiary/aromatic N) is 1. The molecule has 3 rings (SSSR count). The number of halogens is 1. The first-order chi connectivity index (χ1) is 12.4. The SMILES string of the molecule is Cc1ccc(C(O)=C2C(=O)C(=O)N(CCO)C2c2ccc(Br)cc2)cc1. The molecule has 0 bridgehead atoms. The summed E-state index contributed by atoms with van der Waals surface area (Å²) in [5.74, 6) is -1.68. The summed E-state index contributed by atoms with van der Waals surface area (Å²) in [6.45, 7) is 1.66. The molecular formula is C20H18BrNO4. The molecule has 5 nitrogen and oxygen atoms in total. The number of hydrogen-bond donors (Lipinski definition) is 2. The van der Waals surface area contributed by atoms with E-state index >= 15 is 0 Å². The lowest BCUT2D eigenvalue weighted by molar-refractivity contribution is -0.140. The van der Waals surface area contributed by atoms with E-state index in [9.17, 15) is 19.8 Å². The molecule has 2 N–H and O–H groups in total. The Kier molecular flexibility index (Phi) is 5.25. The second-order valence-corrected chi connectivity index (χ2v) is 7.05. The Morgan fingerprint density at radius 1 is 1.08 bits per heavy atom. The largest absolute Gasteiger partial charge is 0.507 e. The van der Waals surface area contributed by atoms with Crippen LogP contribution in [0.15, 0.2) is 58.6 Å². The smallest absolute Gasteiger partial charge is 0.295 e. The molecule has 1 aliphatic heterocycles. The lowest BCUT2D eigenvalue weighted by Crippen LogP contribution is -2.32. The van der Waals surface area contributed by atoms with Crippen LogP contribution in [0.5, 0.6) is 0 Å². The van der Waals surface area contributed by atoms with Gasteiger partial charge in [0.1, 0.15) is 5.76 Å². The monoisotopic (exact) mass is 415 g/mol. The third-order valence-electron chi connectivity index (χ3n) is 4.39. The van der Waals surface area contributed by atoms with Crippen molar-refractivity contribution in [2.24, 2.45) is 0 Å². The Morgan fingerprint density at radius 2 is 1.69 bits per heavy atom. The Labute approximate surface area is 159 Å². The molecule has 2 aromatic carbocycles. The van der Waals surface area contributed by atoms with Crippen LogP contribution in [0.1, 0.15) is 22.7 Å². The van der Waals surface area contributed by atoms with Gasteiger partial charge in [-0.15, -0.1) is 0 Å². The van der Waals surface area contributed by atoms with Crippen molar-refractivity contribution in [3.8, 4) is 0 Å². The highest BCUT2D eigenvalue weighted by Gasteiger charge is 2.45. The van der Waals surface area contributed by atoms with Gasteiger partial charge in [-0.1, -0.05) is 57.9 Å². The molecule has 1 saturated heterocycles. The molecule has 6 heteroatoms. The van der Waals surface area contributed by atoms with Gasteiger partial charge in [-0.2, -0.15) is 0 Å². The Balaban J connectivity index is 2.17. The van der Waals surface area contributed by atoms with Gasteiger partial charge in [-0.25, -0.2) is 0 Å². The number of rotatable bonds is 4. The second-order valence-electron chi connectivity index (χ2n) is 6.13. The van der Waals surface area contributed by atoms with Gasteiger partial charge in [0.2, 0.25) is 0 Å². The molecule has 1 aliphatic rings. The molecule has 0 saturated carbocycles. The van der Waals surface area contributed by atoms with Gasteiger partial charge in [0.25, 0.3) is 11.7 Å². The van der Waals surface area contributed by atoms with Crippen molar-refractivity contribution in [1.82, 2.24) is 4.90 Å². The van der Waals surface area contributed by atoms with Crippen molar-refractivity contribution in [3.05, 3.63) is 75.3 Å². The van der Waals surface area contributed by atoms with Crippen molar-refractivity contribution < 1.29 is 19.8 Å². The molecule has 134 valence electrons. The van der Waals surface area contributed by atoms with Crippen molar-refractivity contribution in [1.29, 1.82) is 0 Å². The predicted octanol–water partition coefficient (Wildman–Crippen LogP) is 3.17. The van der Waals surface area contributed by atoms with Crippen molar-refractivity contribution >= 4 is 33.4 Å². The van der Waals surface area contributed by atoms with E-state index < -0.39 is 17.7 Å². The topological polar surface area (TPSA) is 77.8 Å². The normalized spacial score (nSPS) is 19.2. The molecule has 1 unspecified atom stereocenters. The van der Waals surface area contributed by atoms with Crippen molar-refractivity contribution in [3.63, 3.8) is 0 Å². The molecule has 1 amide bonds. The summed E-state index contributed by atoms with van der Waals surface area (Å²) in [7, 11) is 0. The van der Waals surface area contributed by atoms with E-state index in [4.69, 9.17) is 0 Å². The third kappa shape index (κ3) is 3.30. The van der Waals surface area contributed by atoms with Crippen LogP contribution in [-0.2, 0) is 9.59 Å². The fourth-order valence-electron chi connectivity index (χ4n) is 3.08. The van der Waals surface area contributed by atoms with E-state index in [1.165, 1.54) is 4.90 Å². The first-order valence-corrected chi connectivity index (χ1v) is 8.95. The Hall–Kier alpha value is -2.44. The molecule has 0 spiro atoms. The van der Waals surface area contributed by atoms with Crippen molar-refractivity contribution in [2.45, 2.75) is 13.0 Å². The predicted molar refractivity (Wildman–Crippen MR) is 101 cm³/mol. The number of aliphatic hydroxyl groups excluding tert-OH is 2. The van der Waals surface area contributed by atoms with Gasteiger partial charge in [0.05, 0.1) is 18.2 Å². The summed E-state index contributed by atoms with van der Waals surface area (Å²) >= 11 is 3.36. The highest BCUT2D eigenvalue weighted by molar-refractivity contribution is 9.10. The van der Waals surface area contributed by atoms with Gasteiger partial charge in [-0.05, 0) is 24.6 Å². The molecule has 2 aromatic rings. The summed E-state index contributed by atoms with van der Waals surface area (Å²) in [6.07, 6.45) is 0. The minimum absolute atomic E-state index is 0.00990. The first kappa shape index (κ1) is 18.4. The first-order valence-electron chi connectivity index (χ1n) is 8.16. The van der Waals surface area contributed by atoms with E-state index in [1.54, 1.807) is 36.4 Å². The molecule has 1 fully saturated rings. The lowest BCUT2D eigenvalue weighted by Gasteiger charge is -2.24. The number of carbonyl (C=O) groups is 2. The number of aliphatic hydroxyl groups is 2. The average molecular weight is 416 g/mol. The lowest BCUT2D eigenvalue weighted by atomic mass is 9.95. The maximum Gasteiger partial charge on any atom is 0.295 e. The molecule has 1 heterocycles. The van der Waals surface area contributed by atoms with Gasteiger partial charge in [0, 0.05) is 16.6 Å². The number of likely N-dealkylation sites (tertiary alicyclic amines) is 1. The Bertz CT molecular complexity index is 872. The number of carbonyl (C=O) groups excluding carboxylic acids is 2. The van der Waals surface area contributed by atoms with Gasteiger partial charge in [0.15, 0.2) is 0 Å². The number of ketones is 1. The number of β-amino-alcohol motifs (C(OH)–C–C–N with tert-alkyl or cyclic N) is 1. The fourth-order valence-corrected chi connectivity index (χ4v) is 3.34. The van der Waals surface area contributed by atoms with Crippen molar-refractivity contribution in [2.75, 3.05) is 13.2 Å². The number of amides is 1. The molecule has 1 atom stereocenters. The van der Waals surface area contributed by atoms with Crippen LogP contribution in [0.2, 0.25) is 0 Å². The average Bonchev–Trinajstić information content (AvgIpc) is 2.88. The van der Waals surface area contributed by atoms with E-state index in [1.807, 2.05) is 19.1 Å². The Morgan fingerprint density at radius 3 is 2.27 bits per heavy atom. The van der Waals surface area contributed by atoms with E-state index in [2.05, 4.69) is 15.9 Å². The third-order valence-corrected chi connectivity index (χ3v) is 4.92. The van der Waals surface area contributed by atoms with Gasteiger partial charge < -0.3 is 15.1 Å². The summed E-state index contributed by atoms with van der Waals surface area (Å²) in [6, 6.07) is 13.5. The molecule has 26 heavy (non-hydrogen) atoms. The van der Waals surface area contributed by atoms with E-state index in [-0.39, 0.29) is 24.5 Å². The highest BCUT2D eigenvalue weighted by Crippen LogP contribution is 2.39. The minimum atomic E-state index is -0.746. The zero-order valence-corrected chi connectivity index (χ0v) is 15.7. The number of hydrogen-bond acceptors (Lipinski definition) is 4. The van der Waals surface area contributed by atoms with Crippen LogP contribution in [0, 0.1) is 6.92 Å². The quantitative estimate of drug-likeness (QED) is 0.456. The van der Waals surface area contributed by atoms with Crippen LogP contribution in [0.3, 0.4) is 0 Å². The van der Waals surface area contributed by atoms with E-state index in [0.29, 0.717) is 11.1 Å². The number of aryl methyl sites for hydroxylation is 1. The molecule has 0 aliphatic carbocycles. The van der Waals surface area contributed by atoms with Gasteiger partial charge >= 0.3 is 0 Å². The standard InChI is InChI=1S/C20H18BrNO4/c1-12-2-4-14(5-3-12)18(24)16-17(13-6-8-15(21)9-7-13)22(10-11-23)20(26)19(16)25/h2-9,17,23-24H,10-11H2,1H3. The maximum atomic E-state index is 12.6. The van der Waals surface area contributed by atoms with Crippen LogP contribution in [0.4, 0.5) is 0 Å². The molecule has 0 radical (unpaired) electrons. The molecule has 0 aromatic heterocycles. The van der Waals surface area contributed by atoms with Crippen LogP contribution < -0.4 is 0 Å². The van der Waals surface area contributed by atoms with Crippen LogP contribution in [0.25, 0.3) is 5.76 Å². The van der Waals surface area contributed by atoms with Gasteiger partial charge in [-0.3, -0.25) is 9.59 Å². The summed E-state index contributed by atoms with van der Waals surface area (Å²) in [5.41, 5.74) is 2.22. The van der Waals surface area contributed by atoms with E-state index in [0.717, 1.165) is 10.0 Å². The molecular weight excluding hydrogens is 398 g/mol. The summed E-state index contributed by atoms with van der Waals surface area (Å²) in [4.78, 5) is 26.4. The fraction of sp³-hybridized carbons (Fsp3) is 0.200. The zero-order valence-electron chi connectivity index (χ0n) is 14.1. The zero-order chi connectivity index (χ0) is 18.8.